The highest BCUT2D eigenvalue weighted by Crippen LogP contribution is 2.66. The van der Waals surface area contributed by atoms with Crippen LogP contribution < -0.4 is 0 Å². The fourth-order valence-electron chi connectivity index (χ4n) is 7.33. The van der Waals surface area contributed by atoms with Crippen LogP contribution in [0.3, 0.4) is 0 Å². The van der Waals surface area contributed by atoms with E-state index < -0.39 is 24.0 Å². The van der Waals surface area contributed by atoms with E-state index >= 15 is 0 Å². The number of hydrogen-bond donors (Lipinski definition) is 3. The van der Waals surface area contributed by atoms with Crippen LogP contribution in [-0.4, -0.2) is 46.2 Å². The quantitative estimate of drug-likeness (QED) is 0.524. The molecule has 0 bridgehead atoms. The van der Waals surface area contributed by atoms with Crippen molar-refractivity contribution in [3.8, 4) is 0 Å². The topological polar surface area (TPSA) is 94.8 Å². The first kappa shape index (κ1) is 18.3. The fourth-order valence-corrected chi connectivity index (χ4v) is 7.33. The highest BCUT2D eigenvalue weighted by Gasteiger charge is 2.64. The standard InChI is InChI=1S/C21H30O5/c1-20-7-6-13(24)8-12(20)2-3-14-15-4-5-16(18(26)10-22)21(15,11-23)9-17(25)19(14)20/h8,11,13-17,19,22,24-25H,2-7,9-10H2,1H3/t13?,14-,15-,16+,17-,19+,20-,21+/m0/s1. The first-order chi connectivity index (χ1) is 12.4. The molecule has 4 rings (SSSR count). The summed E-state index contributed by atoms with van der Waals surface area (Å²) in [5.74, 6) is -0.301. The predicted octanol–water partition coefficient (Wildman–Crippen LogP) is 1.64. The monoisotopic (exact) mass is 362 g/mol. The summed E-state index contributed by atoms with van der Waals surface area (Å²) in [6.45, 7) is 1.68. The highest BCUT2D eigenvalue weighted by atomic mass is 16.3. The van der Waals surface area contributed by atoms with Crippen molar-refractivity contribution in [1.29, 1.82) is 0 Å². The Bertz CT molecular complexity index is 642. The number of carbonyl (C=O) groups excluding carboxylic acids is 2. The van der Waals surface area contributed by atoms with Crippen molar-refractivity contribution in [2.75, 3.05) is 6.61 Å². The average molecular weight is 362 g/mol. The van der Waals surface area contributed by atoms with E-state index in [0.29, 0.717) is 19.3 Å². The Morgan fingerprint density at radius 2 is 2.04 bits per heavy atom. The van der Waals surface area contributed by atoms with Crippen LogP contribution in [0.15, 0.2) is 11.6 Å². The SMILES string of the molecule is C[C@]12CCC(O)C=C1CC[C@@H]1[C@@H]2[C@@H](O)C[C@]2(C=O)[C@@H](C(=O)CO)CC[C@@H]12. The lowest BCUT2D eigenvalue weighted by molar-refractivity contribution is -0.157. The number of aliphatic hydroxyl groups is 3. The number of aldehydes is 1. The summed E-state index contributed by atoms with van der Waals surface area (Å²) in [4.78, 5) is 24.5. The minimum absolute atomic E-state index is 0.0797. The number of fused-ring (bicyclic) bond motifs is 5. The lowest BCUT2D eigenvalue weighted by Crippen LogP contribution is -2.58. The number of aliphatic hydroxyl groups excluding tert-OH is 3. The third kappa shape index (κ3) is 2.33. The van der Waals surface area contributed by atoms with Crippen molar-refractivity contribution in [1.82, 2.24) is 0 Å². The van der Waals surface area contributed by atoms with Gasteiger partial charge in [0.2, 0.25) is 0 Å². The maximum atomic E-state index is 12.3. The van der Waals surface area contributed by atoms with E-state index in [1.54, 1.807) is 0 Å². The van der Waals surface area contributed by atoms with Crippen LogP contribution in [-0.2, 0) is 9.59 Å². The summed E-state index contributed by atoms with van der Waals surface area (Å²) in [6.07, 6.45) is 7.05. The minimum atomic E-state index is -0.813. The van der Waals surface area contributed by atoms with Gasteiger partial charge in [-0.15, -0.1) is 0 Å². The van der Waals surface area contributed by atoms with Gasteiger partial charge in [0.15, 0.2) is 5.78 Å². The molecule has 0 spiro atoms. The molecular formula is C21H30O5. The number of ketones is 1. The third-order valence-electron chi connectivity index (χ3n) is 8.39. The van der Waals surface area contributed by atoms with Crippen LogP contribution in [0.4, 0.5) is 0 Å². The first-order valence-corrected chi connectivity index (χ1v) is 10.0. The average Bonchev–Trinajstić information content (AvgIpc) is 3.00. The summed E-state index contributed by atoms with van der Waals surface area (Å²) in [5.41, 5.74) is 0.318. The number of Topliss-reactive ketones (excluding diaryl/α,β-unsaturated/α-hetero) is 1. The summed E-state index contributed by atoms with van der Waals surface area (Å²) in [7, 11) is 0. The third-order valence-corrected chi connectivity index (χ3v) is 8.39. The van der Waals surface area contributed by atoms with Crippen molar-refractivity contribution in [2.45, 2.75) is 64.1 Å². The smallest absolute Gasteiger partial charge is 0.162 e. The molecule has 4 aliphatic rings. The molecule has 0 aromatic carbocycles. The van der Waals surface area contributed by atoms with Gasteiger partial charge in [-0.05, 0) is 68.1 Å². The second kappa shape index (κ2) is 6.25. The summed E-state index contributed by atoms with van der Waals surface area (Å²) < 4.78 is 0. The van der Waals surface area contributed by atoms with Gasteiger partial charge in [0.1, 0.15) is 12.9 Å². The molecule has 3 fully saturated rings. The van der Waals surface area contributed by atoms with E-state index in [4.69, 9.17) is 0 Å². The molecule has 0 saturated heterocycles. The Labute approximate surface area is 154 Å². The molecule has 144 valence electrons. The molecule has 0 amide bonds. The van der Waals surface area contributed by atoms with Crippen LogP contribution in [0.2, 0.25) is 0 Å². The summed E-state index contributed by atoms with van der Waals surface area (Å²) >= 11 is 0. The molecule has 26 heavy (non-hydrogen) atoms. The number of hydrogen-bond acceptors (Lipinski definition) is 5. The maximum Gasteiger partial charge on any atom is 0.162 e. The van der Waals surface area contributed by atoms with Gasteiger partial charge in [0, 0.05) is 11.3 Å². The van der Waals surface area contributed by atoms with Crippen LogP contribution >= 0.6 is 0 Å². The highest BCUT2D eigenvalue weighted by molar-refractivity contribution is 5.87. The van der Waals surface area contributed by atoms with E-state index in [0.717, 1.165) is 32.0 Å². The minimum Gasteiger partial charge on any atom is -0.393 e. The van der Waals surface area contributed by atoms with Crippen LogP contribution in [0, 0.1) is 34.5 Å². The van der Waals surface area contributed by atoms with Gasteiger partial charge in [0.25, 0.3) is 0 Å². The number of carbonyl (C=O) groups is 2. The summed E-state index contributed by atoms with van der Waals surface area (Å²) in [6, 6.07) is 0. The molecule has 8 atom stereocenters. The zero-order valence-corrected chi connectivity index (χ0v) is 15.4. The molecule has 5 nitrogen and oxygen atoms in total. The van der Waals surface area contributed by atoms with Gasteiger partial charge in [-0.25, -0.2) is 0 Å². The molecule has 0 aromatic heterocycles. The van der Waals surface area contributed by atoms with E-state index in [9.17, 15) is 24.9 Å². The van der Waals surface area contributed by atoms with Gasteiger partial charge in [0.05, 0.1) is 12.2 Å². The molecule has 0 aliphatic heterocycles. The van der Waals surface area contributed by atoms with E-state index in [-0.39, 0.29) is 35.1 Å². The van der Waals surface area contributed by atoms with Gasteiger partial charge in [-0.1, -0.05) is 18.6 Å². The van der Waals surface area contributed by atoms with Gasteiger partial charge < -0.3 is 20.1 Å². The largest absolute Gasteiger partial charge is 0.393 e. The van der Waals surface area contributed by atoms with Crippen molar-refractivity contribution in [3.63, 3.8) is 0 Å². The Morgan fingerprint density at radius 3 is 2.73 bits per heavy atom. The molecule has 1 unspecified atom stereocenters. The van der Waals surface area contributed by atoms with E-state index in [2.05, 4.69) is 6.92 Å². The Balaban J connectivity index is 1.72. The normalized spacial score (nSPS) is 50.2. The van der Waals surface area contributed by atoms with Crippen molar-refractivity contribution < 1.29 is 24.9 Å². The van der Waals surface area contributed by atoms with Gasteiger partial charge in [-0.2, -0.15) is 0 Å². The van der Waals surface area contributed by atoms with Crippen LogP contribution in [0.25, 0.3) is 0 Å². The predicted molar refractivity (Wildman–Crippen MR) is 95.1 cm³/mol. The zero-order valence-electron chi connectivity index (χ0n) is 15.4. The second-order valence-corrected chi connectivity index (χ2v) is 9.31. The van der Waals surface area contributed by atoms with E-state index in [1.807, 2.05) is 6.08 Å². The molecule has 0 radical (unpaired) electrons. The number of allylic oxidation sites excluding steroid dienone is 1. The first-order valence-electron chi connectivity index (χ1n) is 10.0. The van der Waals surface area contributed by atoms with Crippen LogP contribution in [0.5, 0.6) is 0 Å². The fraction of sp³-hybridized carbons (Fsp3) is 0.810. The van der Waals surface area contributed by atoms with Gasteiger partial charge >= 0.3 is 0 Å². The van der Waals surface area contributed by atoms with Crippen molar-refractivity contribution in [3.05, 3.63) is 11.6 Å². The van der Waals surface area contributed by atoms with Crippen LogP contribution in [0.1, 0.15) is 51.9 Å². The molecule has 3 N–H and O–H groups in total. The second-order valence-electron chi connectivity index (χ2n) is 9.31. The Hall–Kier alpha value is -1.04. The van der Waals surface area contributed by atoms with Gasteiger partial charge in [-0.3, -0.25) is 4.79 Å². The molecule has 3 saturated carbocycles. The lowest BCUT2D eigenvalue weighted by Gasteiger charge is -2.59. The molecule has 4 aliphatic carbocycles. The Kier molecular flexibility index (Phi) is 4.41. The Morgan fingerprint density at radius 1 is 1.27 bits per heavy atom. The summed E-state index contributed by atoms with van der Waals surface area (Å²) in [5, 5.41) is 30.6. The molecular weight excluding hydrogens is 332 g/mol. The lowest BCUT2D eigenvalue weighted by atomic mass is 9.45. The number of rotatable bonds is 3. The maximum absolute atomic E-state index is 12.3. The van der Waals surface area contributed by atoms with Crippen molar-refractivity contribution in [2.24, 2.45) is 34.5 Å². The van der Waals surface area contributed by atoms with Crippen molar-refractivity contribution >= 4 is 12.1 Å². The molecule has 0 aromatic rings. The molecule has 5 heteroatoms. The zero-order chi connectivity index (χ0) is 18.7. The molecule has 0 heterocycles. The van der Waals surface area contributed by atoms with E-state index in [1.165, 1.54) is 5.57 Å².